The Bertz CT molecular complexity index is 8.00. The minimum atomic E-state index is -0.125. The standard InChI is InChI=1S/BrClI.Tl/c1-3-2;/q-1;. The minimum absolute atomic E-state index is 0. The second-order valence-electron chi connectivity index (χ2n) is 0.0540. The van der Waals surface area contributed by atoms with Gasteiger partial charge in [-0.25, -0.2) is 0 Å². The summed E-state index contributed by atoms with van der Waals surface area (Å²) in [6.45, 7) is 0. The van der Waals surface area contributed by atoms with Crippen molar-refractivity contribution in [2.45, 2.75) is 0 Å². The van der Waals surface area contributed by atoms with Crippen molar-refractivity contribution in [3.05, 3.63) is 0 Å². The predicted octanol–water partition coefficient (Wildman–Crippen LogP) is -1.84. The summed E-state index contributed by atoms with van der Waals surface area (Å²) in [5.41, 5.74) is 0. The Balaban J connectivity index is 0. The maximum Gasteiger partial charge on any atom is 0 e. The number of halogens is 3. The van der Waals surface area contributed by atoms with Gasteiger partial charge in [0.05, 0.1) is 0 Å². The van der Waals surface area contributed by atoms with Gasteiger partial charge < -0.3 is 0 Å². The van der Waals surface area contributed by atoms with E-state index >= 15 is 0 Å². The largest absolute Gasteiger partial charge is 0 e. The molecule has 0 aromatic heterocycles. The van der Waals surface area contributed by atoms with Crippen LogP contribution in [0.4, 0.5) is 0 Å². The molecule has 0 atom stereocenters. The number of hydrogen-bond acceptors (Lipinski definition) is 0. The molecular formula is BrClITl-. The van der Waals surface area contributed by atoms with E-state index in [0.29, 0.717) is 0 Å². The van der Waals surface area contributed by atoms with Crippen molar-refractivity contribution in [1.29, 1.82) is 0 Å². The number of rotatable bonds is 0. The Morgan fingerprint density at radius 1 is 1.75 bits per heavy atom. The summed E-state index contributed by atoms with van der Waals surface area (Å²) in [5.74, 6) is 0. The van der Waals surface area contributed by atoms with Crippen molar-refractivity contribution < 1.29 is 17.9 Å². The van der Waals surface area contributed by atoms with Gasteiger partial charge in [-0.05, 0) is 0 Å². The summed E-state index contributed by atoms with van der Waals surface area (Å²) >= 11 is 2.90. The Labute approximate surface area is 65.5 Å². The molecule has 0 saturated heterocycles. The van der Waals surface area contributed by atoms with Gasteiger partial charge >= 0.3 is 39.5 Å². The van der Waals surface area contributed by atoms with E-state index in [0.717, 1.165) is 0 Å². The van der Waals surface area contributed by atoms with Gasteiger partial charge in [-0.15, -0.1) is 0 Å². The van der Waals surface area contributed by atoms with Crippen LogP contribution in [0.1, 0.15) is 0 Å². The third kappa shape index (κ3) is 8.83. The van der Waals surface area contributed by atoms with Gasteiger partial charge in [0.2, 0.25) is 0 Å². The first-order chi connectivity index (χ1) is 1.41. The summed E-state index contributed by atoms with van der Waals surface area (Å²) in [7, 11) is 5.03. The van der Waals surface area contributed by atoms with Crippen molar-refractivity contribution in [1.82, 2.24) is 0 Å². The van der Waals surface area contributed by atoms with Crippen molar-refractivity contribution in [3.63, 3.8) is 0 Å². The molecule has 0 fully saturated rings. The predicted molar refractivity (Wildman–Crippen MR) is 20.5 cm³/mol. The second-order valence-corrected chi connectivity index (χ2v) is 5.65. The molecule has 4 heteroatoms. The van der Waals surface area contributed by atoms with Crippen LogP contribution in [0.2, 0.25) is 0 Å². The van der Waals surface area contributed by atoms with Gasteiger partial charge in [-0.3, -0.25) is 0 Å². The fourth-order valence-corrected chi connectivity index (χ4v) is 0. The van der Waals surface area contributed by atoms with Gasteiger partial charge in [0.15, 0.2) is 0 Å². The molecule has 0 aliphatic rings. The smallest absolute Gasteiger partial charge is 0 e. The van der Waals surface area contributed by atoms with Crippen molar-refractivity contribution in [3.8, 4) is 0 Å². The topological polar surface area (TPSA) is 0 Å². The zero-order chi connectivity index (χ0) is 2.71. The van der Waals surface area contributed by atoms with E-state index in [1.165, 1.54) is 0 Å². The van der Waals surface area contributed by atoms with Crippen LogP contribution in [0.15, 0.2) is 0 Å². The van der Waals surface area contributed by atoms with E-state index in [1.54, 1.807) is 0 Å². The zero-order valence-corrected chi connectivity index (χ0v) is 10.7. The van der Waals surface area contributed by atoms with Crippen LogP contribution in [0.25, 0.3) is 0 Å². The third-order valence-corrected chi connectivity index (χ3v) is 0. The molecule has 0 bridgehead atoms. The van der Waals surface area contributed by atoms with Crippen LogP contribution in [0.3, 0.4) is 0 Å². The molecule has 0 amide bonds. The first-order valence-corrected chi connectivity index (χ1v) is 7.85. The maximum absolute atomic E-state index is 5.03. The molecule has 1 radical (unpaired) electrons. The molecule has 0 heterocycles. The number of hydrogen-bond donors (Lipinski definition) is 0. The molecule has 0 spiro atoms. The van der Waals surface area contributed by atoms with Crippen LogP contribution >= 0.6 is 21.6 Å². The molecule has 0 aliphatic heterocycles. The van der Waals surface area contributed by atoms with Crippen LogP contribution in [-0.4, -0.2) is 27.3 Å². The van der Waals surface area contributed by atoms with Gasteiger partial charge in [0.25, 0.3) is 0 Å². The molecule has 0 saturated carbocycles. The molecule has 4 heavy (non-hydrogen) atoms. The first kappa shape index (κ1) is 9.66. The quantitative estimate of drug-likeness (QED) is 0.303. The normalized spacial score (nSPS) is 5.50. The van der Waals surface area contributed by atoms with Crippen LogP contribution in [-0.2, 0) is 0 Å². The molecular weight excluding hydrogens is 447 g/mol. The average molecular weight is 447 g/mol. The fourth-order valence-electron chi connectivity index (χ4n) is 0. The summed E-state index contributed by atoms with van der Waals surface area (Å²) in [5, 5.41) is 0. The second kappa shape index (κ2) is 9.05. The average Bonchev–Trinajstić information content (AvgIpc) is 0.918. The van der Waals surface area contributed by atoms with E-state index in [4.69, 9.17) is 8.91 Å². The molecule has 0 aromatic carbocycles. The molecule has 0 aliphatic carbocycles. The summed E-state index contributed by atoms with van der Waals surface area (Å²) in [6, 6.07) is 0. The van der Waals surface area contributed by atoms with E-state index in [2.05, 4.69) is 12.7 Å². The van der Waals surface area contributed by atoms with Gasteiger partial charge in [-0.2, -0.15) is 0 Å². The molecule has 0 aromatic rings. The minimum Gasteiger partial charge on any atom is 0 e. The Morgan fingerprint density at radius 3 is 1.75 bits per heavy atom. The SMILES string of the molecule is Cl[I-]Br.[Tl]. The van der Waals surface area contributed by atoms with Crippen molar-refractivity contribution >= 4 is 48.9 Å². The summed E-state index contributed by atoms with van der Waals surface area (Å²) < 4.78 is 0. The van der Waals surface area contributed by atoms with Crippen molar-refractivity contribution in [2.24, 2.45) is 0 Å². The Morgan fingerprint density at radius 2 is 1.75 bits per heavy atom. The van der Waals surface area contributed by atoms with Crippen LogP contribution in [0, 0.1) is 0 Å². The maximum atomic E-state index is 5.03. The fraction of sp³-hybridized carbons (Fsp3) is 0. The summed E-state index contributed by atoms with van der Waals surface area (Å²) in [6.07, 6.45) is 0. The monoisotopic (exact) mass is 446 g/mol. The zero-order valence-electron chi connectivity index (χ0n) is 1.71. The van der Waals surface area contributed by atoms with E-state index in [1.807, 2.05) is 0 Å². The van der Waals surface area contributed by atoms with Gasteiger partial charge in [-0.1, -0.05) is 0 Å². The van der Waals surface area contributed by atoms with E-state index in [9.17, 15) is 0 Å². The van der Waals surface area contributed by atoms with E-state index in [-0.39, 0.29) is 45.2 Å². The first-order valence-electron chi connectivity index (χ1n) is 0.286. The molecule has 25 valence electrons. The molecule has 0 unspecified atom stereocenters. The van der Waals surface area contributed by atoms with Crippen molar-refractivity contribution in [2.75, 3.05) is 0 Å². The molecule has 0 N–H and O–H groups in total. The third-order valence-electron chi connectivity index (χ3n) is 0. The Kier molecular flexibility index (Phi) is 21.9. The van der Waals surface area contributed by atoms with Gasteiger partial charge in [0.1, 0.15) is 0 Å². The molecule has 0 rings (SSSR count). The summed E-state index contributed by atoms with van der Waals surface area (Å²) in [4.78, 5) is 0. The van der Waals surface area contributed by atoms with Gasteiger partial charge in [0, 0.05) is 27.3 Å². The Hall–Kier alpha value is 2.42. The van der Waals surface area contributed by atoms with E-state index < -0.39 is 0 Å². The van der Waals surface area contributed by atoms with Crippen LogP contribution < -0.4 is 17.9 Å². The van der Waals surface area contributed by atoms with Crippen LogP contribution in [0.5, 0.6) is 0 Å². The molecule has 0 nitrogen and oxygen atoms in total.